The van der Waals surface area contributed by atoms with Gasteiger partial charge >= 0.3 is 6.09 Å². The van der Waals surface area contributed by atoms with Crippen LogP contribution in [0.5, 0.6) is 5.75 Å². The van der Waals surface area contributed by atoms with Gasteiger partial charge in [0.2, 0.25) is 0 Å². The number of nitrogens with one attached hydrogen (secondary N) is 1. The number of ether oxygens (including phenoxy) is 2. The molecule has 2 amide bonds. The molecule has 2 aliphatic rings. The average Bonchev–Trinajstić information content (AvgIpc) is 3.36. The van der Waals surface area contributed by atoms with Crippen molar-refractivity contribution in [1.29, 1.82) is 0 Å². The summed E-state index contributed by atoms with van der Waals surface area (Å²) in [5.41, 5.74) is 1.74. The second-order valence-electron chi connectivity index (χ2n) is 7.47. The number of amides is 2. The van der Waals surface area contributed by atoms with Crippen LogP contribution >= 0.6 is 0 Å². The van der Waals surface area contributed by atoms with Crippen LogP contribution in [0.4, 0.5) is 10.5 Å². The molecule has 134 valence electrons. The molecule has 0 saturated heterocycles. The molecule has 6 heteroatoms. The Labute approximate surface area is 147 Å². The third kappa shape index (κ3) is 4.13. The molecule has 6 nitrogen and oxygen atoms in total. The van der Waals surface area contributed by atoms with Crippen molar-refractivity contribution in [2.45, 2.75) is 45.1 Å². The number of fused-ring (bicyclic) bond motifs is 1. The highest BCUT2D eigenvalue weighted by atomic mass is 16.6. The second kappa shape index (κ2) is 6.43. The lowest BCUT2D eigenvalue weighted by Crippen LogP contribution is -2.32. The number of nitrogens with zero attached hydrogens (tertiary/aromatic N) is 1. The molecule has 25 heavy (non-hydrogen) atoms. The van der Waals surface area contributed by atoms with Crippen LogP contribution < -0.4 is 15.0 Å². The quantitative estimate of drug-likeness (QED) is 0.836. The van der Waals surface area contributed by atoms with Crippen LogP contribution in [0.25, 0.3) is 0 Å². The number of carbonyl (C=O) groups is 2. The van der Waals surface area contributed by atoms with E-state index in [4.69, 9.17) is 9.47 Å². The lowest BCUT2D eigenvalue weighted by atomic mass is 10.1. The van der Waals surface area contributed by atoms with E-state index >= 15 is 0 Å². The Hall–Kier alpha value is -2.50. The summed E-state index contributed by atoms with van der Waals surface area (Å²) in [4.78, 5) is 25.9. The lowest BCUT2D eigenvalue weighted by molar-refractivity contribution is -0.115. The van der Waals surface area contributed by atoms with E-state index in [9.17, 15) is 9.59 Å². The van der Waals surface area contributed by atoms with Crippen LogP contribution in [0.2, 0.25) is 0 Å². The Balaban J connectivity index is 1.75. The van der Waals surface area contributed by atoms with Gasteiger partial charge in [0.15, 0.2) is 0 Å². The molecule has 1 aromatic rings. The minimum atomic E-state index is -0.603. The fraction of sp³-hybridized carbons (Fsp3) is 0.474. The van der Waals surface area contributed by atoms with Crippen molar-refractivity contribution in [1.82, 2.24) is 5.32 Å². The van der Waals surface area contributed by atoms with Crippen molar-refractivity contribution in [2.75, 3.05) is 18.6 Å². The molecule has 0 unspecified atom stereocenters. The average molecular weight is 344 g/mol. The first-order valence-electron chi connectivity index (χ1n) is 8.48. The Kier molecular flexibility index (Phi) is 4.45. The zero-order valence-corrected chi connectivity index (χ0v) is 15.1. The molecule has 0 bridgehead atoms. The van der Waals surface area contributed by atoms with Crippen LogP contribution in [0.1, 0.15) is 45.1 Å². The monoisotopic (exact) mass is 344 g/mol. The fourth-order valence-corrected chi connectivity index (χ4v) is 2.69. The maximum Gasteiger partial charge on any atom is 0.411 e. The van der Waals surface area contributed by atoms with Crippen molar-refractivity contribution in [2.24, 2.45) is 0 Å². The van der Waals surface area contributed by atoms with Gasteiger partial charge in [-0.3, -0.25) is 10.1 Å². The van der Waals surface area contributed by atoms with Crippen LogP contribution in [0.15, 0.2) is 30.0 Å². The van der Waals surface area contributed by atoms with Gasteiger partial charge in [-0.15, -0.1) is 0 Å². The largest absolute Gasteiger partial charge is 0.486 e. The van der Waals surface area contributed by atoms with Crippen molar-refractivity contribution in [3.05, 3.63) is 35.5 Å². The third-order valence-electron chi connectivity index (χ3n) is 4.12. The molecular weight excluding hydrogens is 320 g/mol. The van der Waals surface area contributed by atoms with E-state index in [0.29, 0.717) is 17.2 Å². The molecule has 1 aliphatic carbocycles. The SMILES string of the molecule is CN1C(=O)/C(=C\NC(=O)OC(C)(C)C)COc2cc(C3CC3)ccc21. The highest BCUT2D eigenvalue weighted by Gasteiger charge is 2.28. The zero-order chi connectivity index (χ0) is 18.2. The predicted molar refractivity (Wildman–Crippen MR) is 94.8 cm³/mol. The van der Waals surface area contributed by atoms with Gasteiger partial charge in [-0.05, 0) is 57.2 Å². The van der Waals surface area contributed by atoms with Gasteiger partial charge in [-0.2, -0.15) is 0 Å². The Morgan fingerprint density at radius 2 is 2.08 bits per heavy atom. The zero-order valence-electron chi connectivity index (χ0n) is 15.1. The van der Waals surface area contributed by atoms with Crippen molar-refractivity contribution in [3.8, 4) is 5.75 Å². The minimum absolute atomic E-state index is 0.0973. The molecule has 0 spiro atoms. The smallest absolute Gasteiger partial charge is 0.411 e. The summed E-state index contributed by atoms with van der Waals surface area (Å²) in [6, 6.07) is 5.99. The molecular formula is C19H24N2O4. The van der Waals surface area contributed by atoms with Gasteiger partial charge in [0, 0.05) is 13.2 Å². The topological polar surface area (TPSA) is 67.9 Å². The molecule has 1 fully saturated rings. The van der Waals surface area contributed by atoms with E-state index in [-0.39, 0.29) is 12.5 Å². The molecule has 1 saturated carbocycles. The molecule has 0 atom stereocenters. The Morgan fingerprint density at radius 3 is 2.72 bits per heavy atom. The summed E-state index contributed by atoms with van der Waals surface area (Å²) < 4.78 is 11.0. The molecule has 3 rings (SSSR count). The van der Waals surface area contributed by atoms with Gasteiger partial charge in [0.1, 0.15) is 18.0 Å². The first-order valence-corrected chi connectivity index (χ1v) is 8.48. The first kappa shape index (κ1) is 17.3. The molecule has 0 aromatic heterocycles. The summed E-state index contributed by atoms with van der Waals surface area (Å²) in [7, 11) is 1.70. The second-order valence-corrected chi connectivity index (χ2v) is 7.47. The maximum atomic E-state index is 12.6. The summed E-state index contributed by atoms with van der Waals surface area (Å²) in [6.07, 6.45) is 3.17. The van der Waals surface area contributed by atoms with Crippen molar-refractivity contribution >= 4 is 17.7 Å². The lowest BCUT2D eigenvalue weighted by Gasteiger charge is -2.19. The summed E-state index contributed by atoms with van der Waals surface area (Å²) >= 11 is 0. The highest BCUT2D eigenvalue weighted by Crippen LogP contribution is 2.43. The van der Waals surface area contributed by atoms with Crippen LogP contribution in [-0.4, -0.2) is 31.3 Å². The van der Waals surface area contributed by atoms with E-state index in [1.807, 2.05) is 12.1 Å². The van der Waals surface area contributed by atoms with Gasteiger partial charge in [0.05, 0.1) is 11.3 Å². The number of hydrogen-bond acceptors (Lipinski definition) is 4. The summed E-state index contributed by atoms with van der Waals surface area (Å²) in [5.74, 6) is 1.09. The molecule has 1 N–H and O–H groups in total. The Bertz CT molecular complexity index is 729. The summed E-state index contributed by atoms with van der Waals surface area (Å²) in [6.45, 7) is 5.44. The first-order chi connectivity index (χ1) is 11.7. The number of hydrogen-bond donors (Lipinski definition) is 1. The normalized spacial score (nSPS) is 19.1. The number of anilines is 1. The highest BCUT2D eigenvalue weighted by molar-refractivity contribution is 6.07. The van der Waals surface area contributed by atoms with E-state index in [1.165, 1.54) is 24.6 Å². The minimum Gasteiger partial charge on any atom is -0.486 e. The van der Waals surface area contributed by atoms with Gasteiger partial charge in [0.25, 0.3) is 5.91 Å². The van der Waals surface area contributed by atoms with Gasteiger partial charge < -0.3 is 14.4 Å². The van der Waals surface area contributed by atoms with Crippen LogP contribution in [0, 0.1) is 0 Å². The predicted octanol–water partition coefficient (Wildman–Crippen LogP) is 3.33. The maximum absolute atomic E-state index is 12.6. The number of carbonyl (C=O) groups excluding carboxylic acids is 2. The molecule has 0 radical (unpaired) electrons. The third-order valence-corrected chi connectivity index (χ3v) is 4.12. The van der Waals surface area contributed by atoms with Crippen LogP contribution in [0.3, 0.4) is 0 Å². The molecule has 1 aliphatic heterocycles. The number of rotatable bonds is 2. The molecule has 1 aromatic carbocycles. The number of alkyl carbamates (subject to hydrolysis) is 1. The van der Waals surface area contributed by atoms with Crippen molar-refractivity contribution < 1.29 is 19.1 Å². The van der Waals surface area contributed by atoms with E-state index in [1.54, 1.807) is 32.7 Å². The summed E-state index contributed by atoms with van der Waals surface area (Å²) in [5, 5.41) is 2.50. The van der Waals surface area contributed by atoms with Gasteiger partial charge in [-0.1, -0.05) is 6.07 Å². The Morgan fingerprint density at radius 1 is 1.36 bits per heavy atom. The number of benzene rings is 1. The van der Waals surface area contributed by atoms with E-state index in [2.05, 4.69) is 11.4 Å². The fourth-order valence-electron chi connectivity index (χ4n) is 2.69. The van der Waals surface area contributed by atoms with Gasteiger partial charge in [-0.25, -0.2) is 4.79 Å². The standard InChI is InChI=1S/C19H24N2O4/c1-19(2,3)25-18(23)20-10-14-11-24-16-9-13(12-5-6-12)7-8-15(16)21(4)17(14)22/h7-10,12H,5-6,11H2,1-4H3,(H,20,23)/b14-10-. The van der Waals surface area contributed by atoms with Crippen molar-refractivity contribution in [3.63, 3.8) is 0 Å². The van der Waals surface area contributed by atoms with E-state index < -0.39 is 11.7 Å². The van der Waals surface area contributed by atoms with Crippen LogP contribution in [-0.2, 0) is 9.53 Å². The van der Waals surface area contributed by atoms with E-state index in [0.717, 1.165) is 5.69 Å². The number of likely N-dealkylation sites (N-methyl/N-ethyl adjacent to an activating group) is 1. The molecule has 1 heterocycles.